The van der Waals surface area contributed by atoms with Crippen molar-refractivity contribution >= 4 is 15.8 Å². The summed E-state index contributed by atoms with van der Waals surface area (Å²) in [5.41, 5.74) is 7.62. The Hall–Kier alpha value is -2.18. The third-order valence-corrected chi connectivity index (χ3v) is 7.50. The molecular formula is C21H25NO4S. The van der Waals surface area contributed by atoms with Crippen LogP contribution in [-0.2, 0) is 25.8 Å². The van der Waals surface area contributed by atoms with Gasteiger partial charge in [0, 0.05) is 5.92 Å². The first kappa shape index (κ1) is 19.6. The van der Waals surface area contributed by atoms with Gasteiger partial charge in [-0.25, -0.2) is 13.2 Å². The van der Waals surface area contributed by atoms with Gasteiger partial charge in [-0.1, -0.05) is 48.9 Å². The first-order valence-electron chi connectivity index (χ1n) is 9.12. The van der Waals surface area contributed by atoms with Crippen molar-refractivity contribution in [2.75, 3.05) is 6.61 Å². The maximum Gasteiger partial charge on any atom is 0.328 e. The zero-order valence-electron chi connectivity index (χ0n) is 15.8. The van der Waals surface area contributed by atoms with Gasteiger partial charge in [0.25, 0.3) is 0 Å². The second-order valence-electron chi connectivity index (χ2n) is 7.00. The molecule has 3 atom stereocenters. The molecule has 0 saturated heterocycles. The van der Waals surface area contributed by atoms with Gasteiger partial charge in [-0.15, -0.1) is 0 Å². The first-order chi connectivity index (χ1) is 12.8. The van der Waals surface area contributed by atoms with Gasteiger partial charge < -0.3 is 10.5 Å². The highest BCUT2D eigenvalue weighted by Crippen LogP contribution is 2.56. The summed E-state index contributed by atoms with van der Waals surface area (Å²) in [6, 6.07) is 14.2. The van der Waals surface area contributed by atoms with Crippen molar-refractivity contribution in [1.82, 2.24) is 0 Å². The highest BCUT2D eigenvalue weighted by molar-refractivity contribution is 7.92. The molecule has 27 heavy (non-hydrogen) atoms. The van der Waals surface area contributed by atoms with E-state index >= 15 is 0 Å². The topological polar surface area (TPSA) is 86.5 Å². The van der Waals surface area contributed by atoms with Crippen molar-refractivity contribution in [2.24, 2.45) is 5.73 Å². The molecule has 0 bridgehead atoms. The van der Waals surface area contributed by atoms with Crippen molar-refractivity contribution in [3.8, 4) is 0 Å². The van der Waals surface area contributed by atoms with Gasteiger partial charge in [0.05, 0.1) is 11.5 Å². The Kier molecular flexibility index (Phi) is 5.14. The van der Waals surface area contributed by atoms with Crippen LogP contribution in [0.5, 0.6) is 0 Å². The molecule has 0 aromatic heterocycles. The van der Waals surface area contributed by atoms with E-state index in [9.17, 15) is 13.2 Å². The summed E-state index contributed by atoms with van der Waals surface area (Å²) in [4.78, 5) is 12.7. The lowest BCUT2D eigenvalue weighted by Gasteiger charge is -2.11. The Balaban J connectivity index is 2.04. The molecule has 0 unspecified atom stereocenters. The van der Waals surface area contributed by atoms with E-state index in [-0.39, 0.29) is 11.5 Å². The largest absolute Gasteiger partial charge is 0.465 e. The van der Waals surface area contributed by atoms with Crippen molar-refractivity contribution in [1.29, 1.82) is 0 Å². The fourth-order valence-corrected chi connectivity index (χ4v) is 5.82. The number of hydrogen-bond donors (Lipinski definition) is 1. The average molecular weight is 388 g/mol. The van der Waals surface area contributed by atoms with E-state index in [1.54, 1.807) is 31.2 Å². The number of carbonyl (C=O) groups excluding carboxylic acids is 1. The van der Waals surface area contributed by atoms with Crippen LogP contribution >= 0.6 is 0 Å². The fraction of sp³-hybridized carbons (Fsp3) is 0.381. The molecule has 0 spiro atoms. The molecule has 0 aliphatic heterocycles. The zero-order valence-corrected chi connectivity index (χ0v) is 16.6. The van der Waals surface area contributed by atoms with Crippen LogP contribution in [0.2, 0.25) is 0 Å². The van der Waals surface area contributed by atoms with Crippen molar-refractivity contribution in [3.63, 3.8) is 0 Å². The van der Waals surface area contributed by atoms with Crippen molar-refractivity contribution < 1.29 is 17.9 Å². The number of sulfone groups is 1. The van der Waals surface area contributed by atoms with Crippen LogP contribution in [-0.4, -0.2) is 31.8 Å². The summed E-state index contributed by atoms with van der Waals surface area (Å²) >= 11 is 0. The number of esters is 1. The molecule has 1 fully saturated rings. The second kappa shape index (κ2) is 7.09. The molecular weight excluding hydrogens is 362 g/mol. The minimum absolute atomic E-state index is 0.149. The fourth-order valence-electron chi connectivity index (χ4n) is 3.60. The Morgan fingerprint density at radius 1 is 1.07 bits per heavy atom. The third kappa shape index (κ3) is 3.28. The van der Waals surface area contributed by atoms with E-state index in [4.69, 9.17) is 10.5 Å². The maximum atomic E-state index is 13.2. The maximum absolute atomic E-state index is 13.2. The van der Waals surface area contributed by atoms with Crippen LogP contribution in [0.1, 0.15) is 36.5 Å². The number of benzene rings is 2. The van der Waals surface area contributed by atoms with Crippen LogP contribution in [0.25, 0.3) is 0 Å². The van der Waals surface area contributed by atoms with Gasteiger partial charge in [-0.05, 0) is 43.5 Å². The monoisotopic (exact) mass is 387 g/mol. The molecule has 2 aromatic carbocycles. The molecule has 0 amide bonds. The Morgan fingerprint density at radius 3 is 2.19 bits per heavy atom. The number of ether oxygens (including phenoxy) is 1. The van der Waals surface area contributed by atoms with E-state index in [1.165, 1.54) is 0 Å². The molecule has 5 nitrogen and oxygen atoms in total. The molecule has 0 radical (unpaired) electrons. The van der Waals surface area contributed by atoms with Crippen LogP contribution in [0, 0.1) is 6.92 Å². The summed E-state index contributed by atoms with van der Waals surface area (Å²) in [5.74, 6) is -1.30. The minimum atomic E-state index is -3.79. The Morgan fingerprint density at radius 2 is 1.67 bits per heavy atom. The Bertz CT molecular complexity index is 935. The minimum Gasteiger partial charge on any atom is -0.465 e. The van der Waals surface area contributed by atoms with E-state index in [0.29, 0.717) is 0 Å². The number of carbonyl (C=O) groups is 1. The van der Waals surface area contributed by atoms with Gasteiger partial charge in [0.15, 0.2) is 9.84 Å². The lowest BCUT2D eigenvalue weighted by molar-refractivity contribution is -0.145. The summed E-state index contributed by atoms with van der Waals surface area (Å²) in [5, 5.41) is -1.04. The van der Waals surface area contributed by atoms with Gasteiger partial charge in [0.2, 0.25) is 0 Å². The highest BCUT2D eigenvalue weighted by Gasteiger charge is 2.74. The third-order valence-electron chi connectivity index (χ3n) is 5.24. The van der Waals surface area contributed by atoms with E-state index < -0.39 is 32.5 Å². The predicted molar refractivity (Wildman–Crippen MR) is 104 cm³/mol. The van der Waals surface area contributed by atoms with Crippen molar-refractivity contribution in [2.45, 2.75) is 48.8 Å². The zero-order chi connectivity index (χ0) is 19.8. The summed E-state index contributed by atoms with van der Waals surface area (Å²) < 4.78 is 31.6. The number of rotatable bonds is 6. The molecule has 1 aliphatic carbocycles. The molecule has 2 aromatic rings. The van der Waals surface area contributed by atoms with E-state index in [2.05, 4.69) is 0 Å². The normalized spacial score (nSPS) is 24.4. The van der Waals surface area contributed by atoms with Crippen LogP contribution in [0.3, 0.4) is 0 Å². The number of aryl methyl sites for hydroxylation is 2. The van der Waals surface area contributed by atoms with E-state index in [0.717, 1.165) is 23.1 Å². The number of hydrogen-bond acceptors (Lipinski definition) is 5. The van der Waals surface area contributed by atoms with Gasteiger partial charge in [-0.3, -0.25) is 0 Å². The van der Waals surface area contributed by atoms with Crippen LogP contribution in [0.4, 0.5) is 0 Å². The highest BCUT2D eigenvalue weighted by atomic mass is 32.2. The molecule has 1 aliphatic rings. The lowest BCUT2D eigenvalue weighted by Crippen LogP contribution is -2.41. The Labute approximate surface area is 160 Å². The first-order valence-corrected chi connectivity index (χ1v) is 10.7. The molecule has 144 valence electrons. The van der Waals surface area contributed by atoms with Crippen LogP contribution in [0.15, 0.2) is 53.4 Å². The molecule has 1 saturated carbocycles. The summed E-state index contributed by atoms with van der Waals surface area (Å²) in [6.45, 7) is 5.76. The number of nitrogens with two attached hydrogens (primary N) is 1. The predicted octanol–water partition coefficient (Wildman–Crippen LogP) is 2.76. The smallest absolute Gasteiger partial charge is 0.328 e. The van der Waals surface area contributed by atoms with Gasteiger partial charge in [-0.2, -0.15) is 0 Å². The summed E-state index contributed by atoms with van der Waals surface area (Å²) in [6.07, 6.45) is 0.877. The average Bonchev–Trinajstić information content (AvgIpc) is 3.31. The SMILES string of the molecule is CCOC(=O)[C@@]1(N)[C@H](S(=O)(=O)c2ccc(C)cc2)[C@@H]1c1ccc(CC)cc1. The van der Waals surface area contributed by atoms with Gasteiger partial charge >= 0.3 is 5.97 Å². The van der Waals surface area contributed by atoms with Gasteiger partial charge in [0.1, 0.15) is 10.8 Å². The van der Waals surface area contributed by atoms with Crippen LogP contribution < -0.4 is 5.73 Å². The van der Waals surface area contributed by atoms with Crippen molar-refractivity contribution in [3.05, 3.63) is 65.2 Å². The molecule has 0 heterocycles. The second-order valence-corrected chi connectivity index (χ2v) is 9.07. The van der Waals surface area contributed by atoms with E-state index in [1.807, 2.05) is 38.1 Å². The molecule has 3 rings (SSSR count). The lowest BCUT2D eigenvalue weighted by atomic mass is 10.0. The standard InChI is InChI=1S/C21H25NO4S/c1-4-15-8-10-16(11-9-15)18-19(21(18,22)20(23)26-5-2)27(24,25)17-12-6-14(3)7-13-17/h6-13,18-19H,4-5,22H2,1-3H3/t18-,19+,21-/m0/s1. The quantitative estimate of drug-likeness (QED) is 0.770. The summed E-state index contributed by atoms with van der Waals surface area (Å²) in [7, 11) is -3.79. The molecule has 2 N–H and O–H groups in total. The molecule has 6 heteroatoms.